The van der Waals surface area contributed by atoms with Gasteiger partial charge in [-0.2, -0.15) is 0 Å². The Labute approximate surface area is 107 Å². The maximum atomic E-state index is 12.1. The summed E-state index contributed by atoms with van der Waals surface area (Å²) in [6.07, 6.45) is 2.62. The van der Waals surface area contributed by atoms with Crippen LogP contribution in [0.15, 0.2) is 26.4 Å². The lowest BCUT2D eigenvalue weighted by molar-refractivity contribution is 0.101. The fourth-order valence-corrected chi connectivity index (χ4v) is 1.77. The van der Waals surface area contributed by atoms with Crippen molar-refractivity contribution in [2.75, 3.05) is 0 Å². The maximum Gasteiger partial charge on any atom is 0.329 e. The molecule has 0 aliphatic rings. The number of H-pyrrole nitrogens is 1. The second-order valence-corrected chi connectivity index (χ2v) is 4.22. The molecule has 1 N–H and O–H groups in total. The summed E-state index contributed by atoms with van der Waals surface area (Å²) in [6, 6.07) is -0.691. The van der Waals surface area contributed by atoms with E-state index < -0.39 is 23.1 Å². The molecule has 7 heteroatoms. The van der Waals surface area contributed by atoms with E-state index in [0.29, 0.717) is 5.76 Å². The van der Waals surface area contributed by atoms with Crippen LogP contribution >= 0.6 is 0 Å². The van der Waals surface area contributed by atoms with Gasteiger partial charge in [0.05, 0.1) is 11.8 Å². The third-order valence-electron chi connectivity index (χ3n) is 2.77. The summed E-state index contributed by atoms with van der Waals surface area (Å²) in [5, 5.41) is 0. The van der Waals surface area contributed by atoms with E-state index in [0.717, 1.165) is 10.8 Å². The monoisotopic (exact) mass is 263 g/mol. The van der Waals surface area contributed by atoms with Crippen LogP contribution in [0.5, 0.6) is 0 Å². The molecule has 0 radical (unpaired) electrons. The number of Topliss-reactive ketones (excluding diaryl/α,β-unsaturated/α-hetero) is 1. The van der Waals surface area contributed by atoms with Crippen LogP contribution in [0.1, 0.15) is 41.9 Å². The molecule has 0 saturated carbocycles. The smallest absolute Gasteiger partial charge is 0.329 e. The summed E-state index contributed by atoms with van der Waals surface area (Å²) in [6.45, 7) is 4.58. The minimum Gasteiger partial charge on any atom is -0.444 e. The van der Waals surface area contributed by atoms with E-state index in [9.17, 15) is 14.4 Å². The molecule has 0 bridgehead atoms. The Morgan fingerprint density at radius 2 is 2.16 bits per heavy atom. The molecule has 2 aromatic rings. The summed E-state index contributed by atoms with van der Waals surface area (Å²) in [7, 11) is 0. The largest absolute Gasteiger partial charge is 0.444 e. The second kappa shape index (κ2) is 4.68. The van der Waals surface area contributed by atoms with Crippen molar-refractivity contribution in [1.29, 1.82) is 0 Å². The number of ketones is 1. The molecule has 19 heavy (non-hydrogen) atoms. The summed E-state index contributed by atoms with van der Waals surface area (Å²) < 4.78 is 6.22. The lowest BCUT2D eigenvalue weighted by atomic mass is 10.2. The molecule has 7 nitrogen and oxygen atoms in total. The van der Waals surface area contributed by atoms with E-state index in [4.69, 9.17) is 4.42 Å². The molecule has 2 rings (SSSR count). The highest BCUT2D eigenvalue weighted by Crippen LogP contribution is 2.14. The third kappa shape index (κ3) is 2.26. The van der Waals surface area contributed by atoms with E-state index in [1.165, 1.54) is 13.1 Å². The first-order chi connectivity index (χ1) is 8.91. The molecule has 2 heterocycles. The molecule has 100 valence electrons. The summed E-state index contributed by atoms with van der Waals surface area (Å²) in [5.41, 5.74) is -1.34. The van der Waals surface area contributed by atoms with Gasteiger partial charge in [-0.25, -0.2) is 14.3 Å². The third-order valence-corrected chi connectivity index (χ3v) is 2.77. The fraction of sp³-hybridized carbons (Fsp3) is 0.333. The first-order valence-electron chi connectivity index (χ1n) is 5.69. The highest BCUT2D eigenvalue weighted by atomic mass is 16.4. The fourth-order valence-electron chi connectivity index (χ4n) is 1.77. The summed E-state index contributed by atoms with van der Waals surface area (Å²) in [4.78, 5) is 41.5. The topological polar surface area (TPSA) is 98.0 Å². The van der Waals surface area contributed by atoms with E-state index in [1.54, 1.807) is 13.8 Å². The number of rotatable bonds is 3. The maximum absolute atomic E-state index is 12.1. The molecular weight excluding hydrogens is 250 g/mol. The lowest BCUT2D eigenvalue weighted by Crippen LogP contribution is -2.40. The summed E-state index contributed by atoms with van der Waals surface area (Å²) >= 11 is 0. The van der Waals surface area contributed by atoms with Crippen LogP contribution in [0.4, 0.5) is 0 Å². The lowest BCUT2D eigenvalue weighted by Gasteiger charge is -2.10. The van der Waals surface area contributed by atoms with E-state index in [2.05, 4.69) is 9.97 Å². The first kappa shape index (κ1) is 13.0. The minimum atomic E-state index is -0.691. The predicted octanol–water partition coefficient (Wildman–Crippen LogP) is 0.645. The van der Waals surface area contributed by atoms with Gasteiger partial charge < -0.3 is 9.40 Å². The SMILES string of the molecule is CC(=O)c1c[nH]c(=O)n(C(C)c2ncc(C)o2)c1=O. The highest BCUT2D eigenvalue weighted by Gasteiger charge is 2.20. The van der Waals surface area contributed by atoms with Gasteiger partial charge in [-0.15, -0.1) is 0 Å². The number of nitrogens with one attached hydrogen (secondary N) is 1. The number of nitrogens with zero attached hydrogens (tertiary/aromatic N) is 2. The first-order valence-corrected chi connectivity index (χ1v) is 5.69. The van der Waals surface area contributed by atoms with Crippen molar-refractivity contribution in [3.05, 3.63) is 50.4 Å². The standard InChI is InChI=1S/C12H13N3O4/c1-6-4-13-10(19-6)7(2)15-11(17)9(8(3)16)5-14-12(15)18/h4-5,7H,1-3H3,(H,14,18). The van der Waals surface area contributed by atoms with Gasteiger partial charge >= 0.3 is 5.69 Å². The van der Waals surface area contributed by atoms with Gasteiger partial charge in [0.15, 0.2) is 5.78 Å². The number of carbonyl (C=O) groups is 1. The average Bonchev–Trinajstić information content (AvgIpc) is 2.75. The molecule has 0 aliphatic carbocycles. The number of hydrogen-bond acceptors (Lipinski definition) is 5. The Hall–Kier alpha value is -2.44. The summed E-state index contributed by atoms with van der Waals surface area (Å²) in [5.74, 6) is 0.408. The second-order valence-electron chi connectivity index (χ2n) is 4.22. The van der Waals surface area contributed by atoms with Crippen LogP contribution in [-0.4, -0.2) is 20.3 Å². The Morgan fingerprint density at radius 3 is 2.68 bits per heavy atom. The molecule has 0 aliphatic heterocycles. The normalized spacial score (nSPS) is 12.4. The van der Waals surface area contributed by atoms with Gasteiger partial charge in [0, 0.05) is 6.20 Å². The Kier molecular flexibility index (Phi) is 3.20. The van der Waals surface area contributed by atoms with Gasteiger partial charge in [0.25, 0.3) is 5.56 Å². The zero-order valence-electron chi connectivity index (χ0n) is 10.8. The molecule has 0 aromatic carbocycles. The van der Waals surface area contributed by atoms with Gasteiger partial charge in [0.1, 0.15) is 11.8 Å². The number of hydrogen-bond donors (Lipinski definition) is 1. The van der Waals surface area contributed by atoms with Crippen LogP contribution in [0.3, 0.4) is 0 Å². The number of carbonyl (C=O) groups excluding carboxylic acids is 1. The van der Waals surface area contributed by atoms with E-state index in [-0.39, 0.29) is 11.5 Å². The van der Waals surface area contributed by atoms with Crippen molar-refractivity contribution in [2.45, 2.75) is 26.8 Å². The average molecular weight is 263 g/mol. The zero-order valence-corrected chi connectivity index (χ0v) is 10.8. The highest BCUT2D eigenvalue weighted by molar-refractivity contribution is 5.93. The van der Waals surface area contributed by atoms with Crippen molar-refractivity contribution in [3.8, 4) is 0 Å². The van der Waals surface area contributed by atoms with Crippen molar-refractivity contribution in [2.24, 2.45) is 0 Å². The van der Waals surface area contributed by atoms with Gasteiger partial charge in [-0.3, -0.25) is 9.59 Å². The van der Waals surface area contributed by atoms with Crippen molar-refractivity contribution in [3.63, 3.8) is 0 Å². The molecular formula is C12H13N3O4. The van der Waals surface area contributed by atoms with Gasteiger partial charge in [-0.1, -0.05) is 0 Å². The quantitative estimate of drug-likeness (QED) is 0.819. The van der Waals surface area contributed by atoms with Crippen LogP contribution in [0, 0.1) is 6.92 Å². The molecule has 0 saturated heterocycles. The van der Waals surface area contributed by atoms with E-state index in [1.807, 2.05) is 0 Å². The van der Waals surface area contributed by atoms with Crippen molar-refractivity contribution in [1.82, 2.24) is 14.5 Å². The molecule has 0 amide bonds. The molecule has 0 spiro atoms. The minimum absolute atomic E-state index is 0.0743. The Bertz CT molecular complexity index is 738. The van der Waals surface area contributed by atoms with Gasteiger partial charge in [0.2, 0.25) is 5.89 Å². The van der Waals surface area contributed by atoms with Crippen LogP contribution in [0.25, 0.3) is 0 Å². The number of aromatic amines is 1. The number of aromatic nitrogens is 3. The molecule has 1 atom stereocenters. The molecule has 1 unspecified atom stereocenters. The zero-order chi connectivity index (χ0) is 14.2. The van der Waals surface area contributed by atoms with Crippen LogP contribution in [0.2, 0.25) is 0 Å². The number of aryl methyl sites for hydroxylation is 1. The Morgan fingerprint density at radius 1 is 1.47 bits per heavy atom. The van der Waals surface area contributed by atoms with Crippen LogP contribution < -0.4 is 11.2 Å². The number of oxazole rings is 1. The Balaban J connectivity index is 2.62. The van der Waals surface area contributed by atoms with Crippen molar-refractivity contribution >= 4 is 5.78 Å². The molecule has 0 fully saturated rings. The van der Waals surface area contributed by atoms with E-state index >= 15 is 0 Å². The van der Waals surface area contributed by atoms with Crippen molar-refractivity contribution < 1.29 is 9.21 Å². The van der Waals surface area contributed by atoms with Crippen LogP contribution in [-0.2, 0) is 0 Å². The predicted molar refractivity (Wildman–Crippen MR) is 66.4 cm³/mol. The molecule has 2 aromatic heterocycles. The van der Waals surface area contributed by atoms with Gasteiger partial charge in [-0.05, 0) is 20.8 Å².